The predicted octanol–water partition coefficient (Wildman–Crippen LogP) is 3.64. The lowest BCUT2D eigenvalue weighted by Crippen LogP contribution is -2.11. The second-order valence-corrected chi connectivity index (χ2v) is 5.92. The first kappa shape index (κ1) is 10.7. The molecule has 0 amide bonds. The van der Waals surface area contributed by atoms with E-state index in [4.69, 9.17) is 0 Å². The fourth-order valence-electron chi connectivity index (χ4n) is 1.10. The van der Waals surface area contributed by atoms with Gasteiger partial charge in [-0.25, -0.2) is 4.98 Å². The Morgan fingerprint density at radius 3 is 2.38 bits per heavy atom. The zero-order valence-electron chi connectivity index (χ0n) is 9.22. The maximum absolute atomic E-state index is 4.64. The second kappa shape index (κ2) is 3.79. The molecule has 0 radical (unpaired) electrons. The van der Waals surface area contributed by atoms with Crippen molar-refractivity contribution in [3.05, 3.63) is 16.1 Å². The third-order valence-electron chi connectivity index (χ3n) is 1.90. The van der Waals surface area contributed by atoms with E-state index in [1.807, 2.05) is 0 Å². The minimum atomic E-state index is 0.200. The average Bonchev–Trinajstić information content (AvgIpc) is 2.32. The summed E-state index contributed by atoms with van der Waals surface area (Å²) in [5.74, 6) is 0.707. The molecule has 0 atom stereocenters. The monoisotopic (exact) mass is 197 g/mol. The van der Waals surface area contributed by atoms with Crippen molar-refractivity contribution in [2.75, 3.05) is 0 Å². The molecule has 1 heterocycles. The first-order chi connectivity index (χ1) is 5.89. The summed E-state index contributed by atoms with van der Waals surface area (Å²) >= 11 is 1.79. The van der Waals surface area contributed by atoms with Gasteiger partial charge in [0.15, 0.2) is 0 Å². The number of thiazole rings is 1. The first-order valence-corrected chi connectivity index (χ1v) is 5.72. The lowest BCUT2D eigenvalue weighted by atomic mass is 9.93. The zero-order chi connectivity index (χ0) is 10.1. The molecule has 0 saturated carbocycles. The number of nitrogens with zero attached hydrogens (tertiary/aromatic N) is 1. The van der Waals surface area contributed by atoms with E-state index in [1.165, 1.54) is 10.7 Å². The summed E-state index contributed by atoms with van der Waals surface area (Å²) in [5, 5.41) is 3.47. The standard InChI is InChI=1S/C11H19NS/c1-8(2)6-10-12-9(7-13-10)11(3,4)5/h7-8H,6H2,1-5H3. The molecule has 0 bridgehead atoms. The number of hydrogen-bond acceptors (Lipinski definition) is 2. The van der Waals surface area contributed by atoms with Crippen LogP contribution in [0, 0.1) is 5.92 Å². The minimum absolute atomic E-state index is 0.200. The van der Waals surface area contributed by atoms with Crippen molar-refractivity contribution in [1.82, 2.24) is 4.98 Å². The van der Waals surface area contributed by atoms with E-state index < -0.39 is 0 Å². The van der Waals surface area contributed by atoms with E-state index in [1.54, 1.807) is 11.3 Å². The molecule has 74 valence electrons. The topological polar surface area (TPSA) is 12.9 Å². The van der Waals surface area contributed by atoms with Crippen LogP contribution in [0.3, 0.4) is 0 Å². The molecule has 1 aromatic rings. The fourth-order valence-corrected chi connectivity index (χ4v) is 2.33. The number of rotatable bonds is 2. The normalized spacial score (nSPS) is 12.5. The smallest absolute Gasteiger partial charge is 0.0931 e. The summed E-state index contributed by atoms with van der Waals surface area (Å²) < 4.78 is 0. The molecule has 0 aliphatic carbocycles. The molecule has 2 heteroatoms. The van der Waals surface area contributed by atoms with Crippen molar-refractivity contribution >= 4 is 11.3 Å². The van der Waals surface area contributed by atoms with Gasteiger partial charge >= 0.3 is 0 Å². The molecule has 13 heavy (non-hydrogen) atoms. The average molecular weight is 197 g/mol. The Bertz CT molecular complexity index is 268. The van der Waals surface area contributed by atoms with Crippen LogP contribution in [0.2, 0.25) is 0 Å². The van der Waals surface area contributed by atoms with E-state index in [2.05, 4.69) is 45.0 Å². The summed E-state index contributed by atoms with van der Waals surface area (Å²) in [6.45, 7) is 11.1. The van der Waals surface area contributed by atoms with Gasteiger partial charge < -0.3 is 0 Å². The van der Waals surface area contributed by atoms with E-state index in [-0.39, 0.29) is 5.41 Å². The van der Waals surface area contributed by atoms with E-state index in [0.29, 0.717) is 5.92 Å². The summed E-state index contributed by atoms with van der Waals surface area (Å²) in [7, 11) is 0. The minimum Gasteiger partial charge on any atom is -0.246 e. The van der Waals surface area contributed by atoms with Gasteiger partial charge in [-0.3, -0.25) is 0 Å². The van der Waals surface area contributed by atoms with Gasteiger partial charge in [-0.1, -0.05) is 34.6 Å². The van der Waals surface area contributed by atoms with Gasteiger partial charge in [-0.15, -0.1) is 11.3 Å². The summed E-state index contributed by atoms with van der Waals surface area (Å²) in [5.41, 5.74) is 1.43. The Morgan fingerprint density at radius 2 is 2.00 bits per heavy atom. The highest BCUT2D eigenvalue weighted by atomic mass is 32.1. The lowest BCUT2D eigenvalue weighted by Gasteiger charge is -2.14. The van der Waals surface area contributed by atoms with Crippen LogP contribution in [0.15, 0.2) is 5.38 Å². The van der Waals surface area contributed by atoms with Crippen molar-refractivity contribution in [1.29, 1.82) is 0 Å². The number of aromatic nitrogens is 1. The molecule has 1 nitrogen and oxygen atoms in total. The van der Waals surface area contributed by atoms with Gasteiger partial charge in [0.2, 0.25) is 0 Å². The molecule has 0 aliphatic heterocycles. The van der Waals surface area contributed by atoms with E-state index in [9.17, 15) is 0 Å². The van der Waals surface area contributed by atoms with Crippen LogP contribution in [0.4, 0.5) is 0 Å². The largest absolute Gasteiger partial charge is 0.246 e. The predicted molar refractivity (Wildman–Crippen MR) is 59.4 cm³/mol. The highest BCUT2D eigenvalue weighted by Gasteiger charge is 2.17. The highest BCUT2D eigenvalue weighted by molar-refractivity contribution is 7.09. The number of hydrogen-bond donors (Lipinski definition) is 0. The Labute approximate surface area is 85.2 Å². The maximum atomic E-state index is 4.64. The molecule has 0 spiro atoms. The molecule has 0 N–H and O–H groups in total. The van der Waals surface area contributed by atoms with Gasteiger partial charge in [-0.05, 0) is 5.92 Å². The summed E-state index contributed by atoms with van der Waals surface area (Å²) in [4.78, 5) is 4.64. The fraction of sp³-hybridized carbons (Fsp3) is 0.727. The molecule has 0 saturated heterocycles. The van der Waals surface area contributed by atoms with Crippen molar-refractivity contribution in [3.63, 3.8) is 0 Å². The summed E-state index contributed by atoms with van der Waals surface area (Å²) in [6, 6.07) is 0. The van der Waals surface area contributed by atoms with Crippen LogP contribution in [0.5, 0.6) is 0 Å². The van der Waals surface area contributed by atoms with Crippen LogP contribution in [-0.2, 0) is 11.8 Å². The van der Waals surface area contributed by atoms with Crippen molar-refractivity contribution < 1.29 is 0 Å². The van der Waals surface area contributed by atoms with Crippen molar-refractivity contribution in [3.8, 4) is 0 Å². The highest BCUT2D eigenvalue weighted by Crippen LogP contribution is 2.24. The molecule has 0 fully saturated rings. The third kappa shape index (κ3) is 3.11. The van der Waals surface area contributed by atoms with Crippen LogP contribution in [-0.4, -0.2) is 4.98 Å². The lowest BCUT2D eigenvalue weighted by molar-refractivity contribution is 0.566. The van der Waals surface area contributed by atoms with E-state index >= 15 is 0 Å². The molecule has 0 aliphatic rings. The molecule has 1 aromatic heterocycles. The molecular formula is C11H19NS. The van der Waals surface area contributed by atoms with Gasteiger partial charge in [0.25, 0.3) is 0 Å². The van der Waals surface area contributed by atoms with Gasteiger partial charge in [-0.2, -0.15) is 0 Å². The van der Waals surface area contributed by atoms with Crippen molar-refractivity contribution in [2.45, 2.75) is 46.5 Å². The molecule has 1 rings (SSSR count). The first-order valence-electron chi connectivity index (χ1n) is 4.84. The Kier molecular flexibility index (Phi) is 3.12. The van der Waals surface area contributed by atoms with Crippen LogP contribution in [0.25, 0.3) is 0 Å². The molecule has 0 unspecified atom stereocenters. The Balaban J connectivity index is 2.75. The van der Waals surface area contributed by atoms with Crippen LogP contribution < -0.4 is 0 Å². The second-order valence-electron chi connectivity index (χ2n) is 4.97. The molecular weight excluding hydrogens is 178 g/mol. The van der Waals surface area contributed by atoms with Crippen molar-refractivity contribution in [2.24, 2.45) is 5.92 Å². The maximum Gasteiger partial charge on any atom is 0.0931 e. The molecule has 0 aromatic carbocycles. The Morgan fingerprint density at radius 1 is 1.38 bits per heavy atom. The quantitative estimate of drug-likeness (QED) is 0.705. The van der Waals surface area contributed by atoms with Gasteiger partial charge in [0.05, 0.1) is 10.7 Å². The third-order valence-corrected chi connectivity index (χ3v) is 2.77. The SMILES string of the molecule is CC(C)Cc1nc(C(C)(C)C)cs1. The van der Waals surface area contributed by atoms with Gasteiger partial charge in [0, 0.05) is 17.2 Å². The van der Waals surface area contributed by atoms with E-state index in [0.717, 1.165) is 6.42 Å². The zero-order valence-corrected chi connectivity index (χ0v) is 10.0. The van der Waals surface area contributed by atoms with Gasteiger partial charge in [0.1, 0.15) is 0 Å². The van der Waals surface area contributed by atoms with Crippen LogP contribution in [0.1, 0.15) is 45.3 Å². The summed E-state index contributed by atoms with van der Waals surface area (Å²) in [6.07, 6.45) is 1.11. The van der Waals surface area contributed by atoms with Crippen LogP contribution >= 0.6 is 11.3 Å². The Hall–Kier alpha value is -0.370.